The predicted octanol–water partition coefficient (Wildman–Crippen LogP) is 4.98. The van der Waals surface area contributed by atoms with Crippen LogP contribution < -0.4 is 5.32 Å². The smallest absolute Gasteiger partial charge is 0.408 e. The molecule has 35 heavy (non-hydrogen) atoms. The average Bonchev–Trinajstić information content (AvgIpc) is 2.66. The molecule has 0 fully saturated rings. The van der Waals surface area contributed by atoms with Gasteiger partial charge < -0.3 is 19.5 Å². The molecule has 0 saturated carbocycles. The fourth-order valence-electron chi connectivity index (χ4n) is 3.24. The van der Waals surface area contributed by atoms with E-state index in [0.29, 0.717) is 0 Å². The highest BCUT2D eigenvalue weighted by atomic mass is 16.6. The third-order valence-corrected chi connectivity index (χ3v) is 4.69. The van der Waals surface area contributed by atoms with E-state index in [2.05, 4.69) is 5.32 Å². The Bertz CT molecular complexity index is 874. The molecule has 0 saturated heterocycles. The first kappa shape index (κ1) is 30.1. The Balaban J connectivity index is 3.05. The molecule has 196 valence electrons. The van der Waals surface area contributed by atoms with Crippen LogP contribution in [0.15, 0.2) is 30.3 Å². The Hall–Kier alpha value is -2.90. The van der Waals surface area contributed by atoms with Crippen LogP contribution in [-0.4, -0.2) is 41.1 Å². The van der Waals surface area contributed by atoms with Crippen LogP contribution in [0, 0.1) is 11.3 Å². The van der Waals surface area contributed by atoms with E-state index in [0.717, 1.165) is 5.56 Å². The van der Waals surface area contributed by atoms with E-state index >= 15 is 0 Å². The molecular weight excluding hydrogens is 450 g/mol. The second-order valence-electron chi connectivity index (χ2n) is 11.7. The van der Waals surface area contributed by atoms with Crippen LogP contribution in [0.5, 0.6) is 0 Å². The maximum atomic E-state index is 13.3. The Morgan fingerprint density at radius 1 is 0.800 bits per heavy atom. The minimum absolute atomic E-state index is 0.0114. The van der Waals surface area contributed by atoms with E-state index in [9.17, 15) is 19.2 Å². The average molecular weight is 492 g/mol. The lowest BCUT2D eigenvalue weighted by atomic mass is 9.81. The van der Waals surface area contributed by atoms with E-state index in [-0.39, 0.29) is 19.4 Å². The molecule has 0 aliphatic carbocycles. The van der Waals surface area contributed by atoms with Gasteiger partial charge in [0.2, 0.25) is 0 Å². The van der Waals surface area contributed by atoms with Crippen molar-refractivity contribution in [3.05, 3.63) is 35.9 Å². The standard InChI is InChI=1S/C27H41NO7/c1-25(2,3)22(28-24(32)35-27(7,8)9)20(29)15-19(16-21(30)34-26(4,5)6)23(31)33-17-18-13-11-10-12-14-18/h10-14,19,22H,15-17H2,1-9H3,(H,28,32)/t19-,22-/m1/s1. The van der Waals surface area contributed by atoms with Crippen LogP contribution in [0.1, 0.15) is 80.7 Å². The highest BCUT2D eigenvalue weighted by Gasteiger charge is 2.37. The predicted molar refractivity (Wildman–Crippen MR) is 132 cm³/mol. The Kier molecular flexibility index (Phi) is 10.5. The summed E-state index contributed by atoms with van der Waals surface area (Å²) >= 11 is 0. The highest BCUT2D eigenvalue weighted by Crippen LogP contribution is 2.25. The van der Waals surface area contributed by atoms with Gasteiger partial charge in [0.1, 0.15) is 17.8 Å². The molecule has 0 heterocycles. The van der Waals surface area contributed by atoms with Crippen molar-refractivity contribution in [1.29, 1.82) is 0 Å². The maximum absolute atomic E-state index is 13.3. The number of ketones is 1. The molecule has 0 bridgehead atoms. The van der Waals surface area contributed by atoms with Gasteiger partial charge in [-0.15, -0.1) is 0 Å². The normalized spacial score (nSPS) is 13.9. The van der Waals surface area contributed by atoms with Crippen LogP contribution in [-0.2, 0) is 35.2 Å². The third-order valence-electron chi connectivity index (χ3n) is 4.69. The zero-order chi connectivity index (χ0) is 27.0. The molecule has 0 spiro atoms. The van der Waals surface area contributed by atoms with Gasteiger partial charge in [-0.1, -0.05) is 51.1 Å². The molecule has 0 aliphatic heterocycles. The van der Waals surface area contributed by atoms with Crippen LogP contribution >= 0.6 is 0 Å². The number of benzene rings is 1. The fourth-order valence-corrected chi connectivity index (χ4v) is 3.24. The van der Waals surface area contributed by atoms with Crippen molar-refractivity contribution in [2.75, 3.05) is 0 Å². The summed E-state index contributed by atoms with van der Waals surface area (Å²) in [5.74, 6) is -2.77. The zero-order valence-electron chi connectivity index (χ0n) is 22.5. The number of ether oxygens (including phenoxy) is 3. The van der Waals surface area contributed by atoms with Crippen molar-refractivity contribution in [3.8, 4) is 0 Å². The van der Waals surface area contributed by atoms with Crippen LogP contribution in [0.3, 0.4) is 0 Å². The van der Waals surface area contributed by atoms with Gasteiger partial charge in [-0.2, -0.15) is 0 Å². The zero-order valence-corrected chi connectivity index (χ0v) is 22.5. The van der Waals surface area contributed by atoms with E-state index < -0.39 is 52.4 Å². The molecular formula is C27H41NO7. The summed E-state index contributed by atoms with van der Waals surface area (Å²) in [6.45, 7) is 15.7. The van der Waals surface area contributed by atoms with Crippen molar-refractivity contribution < 1.29 is 33.4 Å². The van der Waals surface area contributed by atoms with Crippen LogP contribution in [0.25, 0.3) is 0 Å². The monoisotopic (exact) mass is 491 g/mol. The molecule has 8 nitrogen and oxygen atoms in total. The molecule has 1 N–H and O–H groups in total. The van der Waals surface area contributed by atoms with Gasteiger partial charge in [0.15, 0.2) is 5.78 Å². The number of carbonyl (C=O) groups excluding carboxylic acids is 4. The van der Waals surface area contributed by atoms with Gasteiger partial charge >= 0.3 is 18.0 Å². The number of Topliss-reactive ketones (excluding diaryl/α,β-unsaturated/α-hetero) is 1. The van der Waals surface area contributed by atoms with Crippen molar-refractivity contribution in [1.82, 2.24) is 5.32 Å². The number of hydrogen-bond donors (Lipinski definition) is 1. The van der Waals surface area contributed by atoms with Gasteiger partial charge in [0.05, 0.1) is 18.4 Å². The Labute approximate surface area is 209 Å². The molecule has 2 atom stereocenters. The highest BCUT2D eigenvalue weighted by molar-refractivity contribution is 5.92. The Morgan fingerprint density at radius 3 is 1.83 bits per heavy atom. The van der Waals surface area contributed by atoms with Gasteiger partial charge in [-0.25, -0.2) is 4.79 Å². The summed E-state index contributed by atoms with van der Waals surface area (Å²) in [5.41, 5.74) is -1.37. The SMILES string of the molecule is CC(C)(C)OC(=O)C[C@@H](CC(=O)[C@@H](NC(=O)OC(C)(C)C)C(C)(C)C)C(=O)OCc1ccccc1. The third kappa shape index (κ3) is 12.4. The number of esters is 2. The molecule has 1 amide bonds. The van der Waals surface area contributed by atoms with Crippen LogP contribution in [0.2, 0.25) is 0 Å². The lowest BCUT2D eigenvalue weighted by Crippen LogP contribution is -2.51. The summed E-state index contributed by atoms with van der Waals surface area (Å²) in [6.07, 6.45) is -1.36. The van der Waals surface area contributed by atoms with Gasteiger partial charge in [-0.05, 0) is 52.5 Å². The van der Waals surface area contributed by atoms with E-state index in [4.69, 9.17) is 14.2 Å². The van der Waals surface area contributed by atoms with Gasteiger partial charge in [0.25, 0.3) is 0 Å². The number of hydrogen-bond acceptors (Lipinski definition) is 7. The molecule has 1 rings (SSSR count). The van der Waals surface area contributed by atoms with E-state index in [1.54, 1.807) is 62.3 Å². The summed E-state index contributed by atoms with van der Waals surface area (Å²) in [7, 11) is 0. The molecule has 1 aromatic rings. The molecule has 0 aromatic heterocycles. The quantitative estimate of drug-likeness (QED) is 0.383. The first-order chi connectivity index (χ1) is 15.9. The molecule has 1 aromatic carbocycles. The van der Waals surface area contributed by atoms with Crippen LogP contribution in [0.4, 0.5) is 4.79 Å². The molecule has 0 radical (unpaired) electrons. The summed E-state index contributed by atoms with van der Waals surface area (Å²) in [6, 6.07) is 8.16. The maximum Gasteiger partial charge on any atom is 0.408 e. The summed E-state index contributed by atoms with van der Waals surface area (Å²) < 4.78 is 16.1. The van der Waals surface area contributed by atoms with Crippen molar-refractivity contribution in [2.45, 2.75) is 99.0 Å². The molecule has 0 unspecified atom stereocenters. The first-order valence-corrected chi connectivity index (χ1v) is 11.8. The Morgan fingerprint density at radius 2 is 1.34 bits per heavy atom. The minimum Gasteiger partial charge on any atom is -0.461 e. The first-order valence-electron chi connectivity index (χ1n) is 11.8. The lowest BCUT2D eigenvalue weighted by Gasteiger charge is -2.32. The minimum atomic E-state index is -1.06. The molecule has 0 aliphatic rings. The topological polar surface area (TPSA) is 108 Å². The summed E-state index contributed by atoms with van der Waals surface area (Å²) in [4.78, 5) is 51.1. The largest absolute Gasteiger partial charge is 0.461 e. The van der Waals surface area contributed by atoms with Gasteiger partial charge in [-0.3, -0.25) is 14.4 Å². The number of alkyl carbamates (subject to hydrolysis) is 1. The summed E-state index contributed by atoms with van der Waals surface area (Å²) in [5, 5.41) is 2.63. The fraction of sp³-hybridized carbons (Fsp3) is 0.630. The van der Waals surface area contributed by atoms with E-state index in [1.165, 1.54) is 0 Å². The lowest BCUT2D eigenvalue weighted by molar-refractivity contribution is -0.162. The van der Waals surface area contributed by atoms with Gasteiger partial charge in [0, 0.05) is 6.42 Å². The second kappa shape index (κ2) is 12.2. The van der Waals surface area contributed by atoms with E-state index in [1.807, 2.05) is 30.3 Å². The second-order valence-corrected chi connectivity index (χ2v) is 11.7. The number of carbonyl (C=O) groups is 4. The molecule has 8 heteroatoms. The van der Waals surface area contributed by atoms with Crippen molar-refractivity contribution in [3.63, 3.8) is 0 Å². The van der Waals surface area contributed by atoms with Crippen molar-refractivity contribution >= 4 is 23.8 Å². The number of nitrogens with one attached hydrogen (secondary N) is 1. The number of rotatable bonds is 9. The number of amides is 1. The van der Waals surface area contributed by atoms with Crippen molar-refractivity contribution in [2.24, 2.45) is 11.3 Å².